The molecule has 0 aromatic carbocycles. The Morgan fingerprint density at radius 3 is 2.64 bits per heavy atom. The summed E-state index contributed by atoms with van der Waals surface area (Å²) in [7, 11) is 0. The molecule has 0 aliphatic heterocycles. The summed E-state index contributed by atoms with van der Waals surface area (Å²) in [6.45, 7) is 5.73. The predicted octanol–water partition coefficient (Wildman–Crippen LogP) is 3.04. The van der Waals surface area contributed by atoms with E-state index in [4.69, 9.17) is 0 Å². The highest BCUT2D eigenvalue weighted by Gasteiger charge is 2.36. The van der Waals surface area contributed by atoms with E-state index in [9.17, 15) is 9.90 Å². The van der Waals surface area contributed by atoms with Crippen LogP contribution in [0.15, 0.2) is 16.8 Å². The van der Waals surface area contributed by atoms with Gasteiger partial charge < -0.3 is 5.11 Å². The SMILES string of the molecule is CC(C)C(C)(Cc1ccsc1)C(=O)O. The van der Waals surface area contributed by atoms with Gasteiger partial charge in [-0.15, -0.1) is 0 Å². The van der Waals surface area contributed by atoms with Gasteiger partial charge in [0.25, 0.3) is 0 Å². The minimum Gasteiger partial charge on any atom is -0.481 e. The minimum atomic E-state index is -0.710. The van der Waals surface area contributed by atoms with Crippen LogP contribution in [0.1, 0.15) is 26.3 Å². The number of carboxylic acid groups (broad SMARTS) is 1. The fourth-order valence-electron chi connectivity index (χ4n) is 1.34. The van der Waals surface area contributed by atoms with E-state index >= 15 is 0 Å². The summed E-state index contributed by atoms with van der Waals surface area (Å²) in [6.07, 6.45) is 0.615. The fraction of sp³-hybridized carbons (Fsp3) is 0.545. The maximum atomic E-state index is 11.2. The molecule has 78 valence electrons. The van der Waals surface area contributed by atoms with Gasteiger partial charge in [0, 0.05) is 0 Å². The number of carbonyl (C=O) groups is 1. The second-order valence-electron chi connectivity index (χ2n) is 4.19. The molecule has 0 amide bonds. The van der Waals surface area contributed by atoms with Crippen molar-refractivity contribution in [1.29, 1.82) is 0 Å². The Morgan fingerprint density at radius 1 is 1.64 bits per heavy atom. The number of hydrogen-bond acceptors (Lipinski definition) is 2. The highest BCUT2D eigenvalue weighted by Crippen LogP contribution is 2.32. The van der Waals surface area contributed by atoms with E-state index in [1.54, 1.807) is 11.3 Å². The van der Waals surface area contributed by atoms with Crippen LogP contribution in [0.2, 0.25) is 0 Å². The second-order valence-corrected chi connectivity index (χ2v) is 4.97. The first-order valence-corrected chi connectivity index (χ1v) is 5.65. The van der Waals surface area contributed by atoms with Gasteiger partial charge in [-0.05, 0) is 41.7 Å². The third-order valence-electron chi connectivity index (χ3n) is 2.91. The molecule has 1 unspecified atom stereocenters. The molecule has 0 aliphatic carbocycles. The molecular weight excluding hydrogens is 196 g/mol. The molecule has 3 heteroatoms. The van der Waals surface area contributed by atoms with Gasteiger partial charge in [-0.1, -0.05) is 13.8 Å². The van der Waals surface area contributed by atoms with Crippen molar-refractivity contribution in [3.8, 4) is 0 Å². The average molecular weight is 212 g/mol. The van der Waals surface area contributed by atoms with E-state index in [0.29, 0.717) is 6.42 Å². The van der Waals surface area contributed by atoms with Crippen molar-refractivity contribution in [3.63, 3.8) is 0 Å². The quantitative estimate of drug-likeness (QED) is 0.833. The summed E-state index contributed by atoms with van der Waals surface area (Å²) < 4.78 is 0. The van der Waals surface area contributed by atoms with E-state index in [1.165, 1.54) is 0 Å². The van der Waals surface area contributed by atoms with E-state index in [-0.39, 0.29) is 5.92 Å². The molecule has 0 saturated heterocycles. The van der Waals surface area contributed by atoms with Crippen molar-refractivity contribution < 1.29 is 9.90 Å². The Bertz CT molecular complexity index is 303. The summed E-state index contributed by atoms with van der Waals surface area (Å²) in [5, 5.41) is 13.2. The molecule has 0 radical (unpaired) electrons. The van der Waals surface area contributed by atoms with E-state index in [2.05, 4.69) is 0 Å². The maximum Gasteiger partial charge on any atom is 0.309 e. The first-order valence-electron chi connectivity index (χ1n) is 4.71. The van der Waals surface area contributed by atoms with Crippen molar-refractivity contribution in [2.45, 2.75) is 27.2 Å². The standard InChI is InChI=1S/C11H16O2S/c1-8(2)11(3,10(12)13)6-9-4-5-14-7-9/h4-5,7-8H,6H2,1-3H3,(H,12,13). The predicted molar refractivity (Wildman–Crippen MR) is 58.6 cm³/mol. The van der Waals surface area contributed by atoms with Gasteiger partial charge in [0.15, 0.2) is 0 Å². The summed E-state index contributed by atoms with van der Waals surface area (Å²) in [4.78, 5) is 11.2. The molecule has 1 atom stereocenters. The highest BCUT2D eigenvalue weighted by atomic mass is 32.1. The molecule has 1 heterocycles. The third-order valence-corrected chi connectivity index (χ3v) is 3.65. The lowest BCUT2D eigenvalue weighted by molar-refractivity contribution is -0.150. The van der Waals surface area contributed by atoms with Crippen LogP contribution in [-0.4, -0.2) is 11.1 Å². The van der Waals surface area contributed by atoms with Gasteiger partial charge in [-0.3, -0.25) is 4.79 Å². The van der Waals surface area contributed by atoms with Crippen LogP contribution >= 0.6 is 11.3 Å². The zero-order chi connectivity index (χ0) is 10.8. The van der Waals surface area contributed by atoms with Gasteiger partial charge in [0.1, 0.15) is 0 Å². The molecule has 0 aliphatic rings. The Hall–Kier alpha value is -0.830. The van der Waals surface area contributed by atoms with Crippen molar-refractivity contribution >= 4 is 17.3 Å². The van der Waals surface area contributed by atoms with Gasteiger partial charge in [0.05, 0.1) is 5.41 Å². The van der Waals surface area contributed by atoms with Crippen molar-refractivity contribution in [2.75, 3.05) is 0 Å². The van der Waals surface area contributed by atoms with Gasteiger partial charge in [0.2, 0.25) is 0 Å². The second kappa shape index (κ2) is 4.13. The van der Waals surface area contributed by atoms with E-state index in [0.717, 1.165) is 5.56 Å². The number of aliphatic carboxylic acids is 1. The maximum absolute atomic E-state index is 11.2. The Kier molecular flexibility index (Phi) is 3.32. The topological polar surface area (TPSA) is 37.3 Å². The molecule has 0 saturated carbocycles. The molecule has 0 fully saturated rings. The summed E-state index contributed by atoms with van der Waals surface area (Å²) in [5.41, 5.74) is 0.467. The highest BCUT2D eigenvalue weighted by molar-refractivity contribution is 7.07. The lowest BCUT2D eigenvalue weighted by atomic mass is 9.75. The van der Waals surface area contributed by atoms with Crippen LogP contribution in [-0.2, 0) is 11.2 Å². The van der Waals surface area contributed by atoms with E-state index in [1.807, 2.05) is 37.6 Å². The summed E-state index contributed by atoms with van der Waals surface area (Å²) in [5.74, 6) is -0.571. The molecule has 14 heavy (non-hydrogen) atoms. The van der Waals surface area contributed by atoms with Crippen LogP contribution in [0, 0.1) is 11.3 Å². The largest absolute Gasteiger partial charge is 0.481 e. The Balaban J connectivity index is 2.85. The molecule has 2 nitrogen and oxygen atoms in total. The monoisotopic (exact) mass is 212 g/mol. The summed E-state index contributed by atoms with van der Waals surface area (Å²) >= 11 is 1.61. The summed E-state index contributed by atoms with van der Waals surface area (Å²) in [6, 6.07) is 1.99. The van der Waals surface area contributed by atoms with Gasteiger partial charge in [-0.25, -0.2) is 0 Å². The van der Waals surface area contributed by atoms with Crippen molar-refractivity contribution in [2.24, 2.45) is 11.3 Å². The van der Waals surface area contributed by atoms with Crippen LogP contribution in [0.5, 0.6) is 0 Å². The molecule has 0 spiro atoms. The molecule has 1 N–H and O–H groups in total. The van der Waals surface area contributed by atoms with Crippen molar-refractivity contribution in [3.05, 3.63) is 22.4 Å². The zero-order valence-electron chi connectivity index (χ0n) is 8.78. The zero-order valence-corrected chi connectivity index (χ0v) is 9.60. The fourth-order valence-corrected chi connectivity index (χ4v) is 2.01. The molecule has 1 rings (SSSR count). The first-order chi connectivity index (χ1) is 6.47. The average Bonchev–Trinajstić information content (AvgIpc) is 2.55. The number of carboxylic acids is 1. The molecule has 1 aromatic heterocycles. The van der Waals surface area contributed by atoms with Gasteiger partial charge >= 0.3 is 5.97 Å². The van der Waals surface area contributed by atoms with Crippen LogP contribution in [0.4, 0.5) is 0 Å². The lowest BCUT2D eigenvalue weighted by Gasteiger charge is -2.28. The van der Waals surface area contributed by atoms with Crippen LogP contribution < -0.4 is 0 Å². The molecule has 1 aromatic rings. The molecule has 0 bridgehead atoms. The minimum absolute atomic E-state index is 0.139. The number of rotatable bonds is 4. The normalized spacial score (nSPS) is 15.4. The first kappa shape index (κ1) is 11.2. The number of thiophene rings is 1. The number of hydrogen-bond donors (Lipinski definition) is 1. The van der Waals surface area contributed by atoms with E-state index < -0.39 is 11.4 Å². The smallest absolute Gasteiger partial charge is 0.309 e. The van der Waals surface area contributed by atoms with Crippen LogP contribution in [0.3, 0.4) is 0 Å². The lowest BCUT2D eigenvalue weighted by Crippen LogP contribution is -2.35. The van der Waals surface area contributed by atoms with Crippen LogP contribution in [0.25, 0.3) is 0 Å². The van der Waals surface area contributed by atoms with Crippen molar-refractivity contribution in [1.82, 2.24) is 0 Å². The Morgan fingerprint density at radius 2 is 2.29 bits per heavy atom. The third kappa shape index (κ3) is 2.15. The molecular formula is C11H16O2S. The Labute approximate surface area is 88.6 Å². The van der Waals surface area contributed by atoms with Gasteiger partial charge in [-0.2, -0.15) is 11.3 Å².